The number of urea groups is 1. The Hall–Kier alpha value is -4.07. The first-order valence-corrected chi connectivity index (χ1v) is 9.27. The second kappa shape index (κ2) is 8.95. The summed E-state index contributed by atoms with van der Waals surface area (Å²) in [5.41, 5.74) is 3.08. The minimum absolute atomic E-state index is 0.285. The zero-order chi connectivity index (χ0) is 20.8. The quantitative estimate of drug-likeness (QED) is 0.504. The van der Waals surface area contributed by atoms with Crippen molar-refractivity contribution in [3.8, 4) is 11.4 Å². The number of carbonyl (C=O) groups excluding carboxylic acids is 1. The molecule has 150 valence electrons. The van der Waals surface area contributed by atoms with Crippen molar-refractivity contribution in [2.45, 2.75) is 13.0 Å². The summed E-state index contributed by atoms with van der Waals surface area (Å²) >= 11 is 0. The second-order valence-corrected chi connectivity index (χ2v) is 6.52. The van der Waals surface area contributed by atoms with Gasteiger partial charge in [-0.25, -0.2) is 9.18 Å². The number of hydrogen-bond donors (Lipinski definition) is 2. The van der Waals surface area contributed by atoms with Gasteiger partial charge in [0.15, 0.2) is 0 Å². The summed E-state index contributed by atoms with van der Waals surface area (Å²) in [7, 11) is 0. The van der Waals surface area contributed by atoms with Gasteiger partial charge in [-0.1, -0.05) is 35.5 Å². The van der Waals surface area contributed by atoms with E-state index in [1.807, 2.05) is 18.2 Å². The highest BCUT2D eigenvalue weighted by molar-refractivity contribution is 5.90. The Labute approximate surface area is 172 Å². The molecule has 0 radical (unpaired) electrons. The molecule has 2 heterocycles. The van der Waals surface area contributed by atoms with Crippen LogP contribution < -0.4 is 10.6 Å². The van der Waals surface area contributed by atoms with Gasteiger partial charge in [-0.05, 0) is 41.5 Å². The van der Waals surface area contributed by atoms with Gasteiger partial charge in [-0.2, -0.15) is 4.98 Å². The topological polar surface area (TPSA) is 92.9 Å². The molecule has 0 saturated heterocycles. The third-order valence-corrected chi connectivity index (χ3v) is 4.38. The van der Waals surface area contributed by atoms with Gasteiger partial charge in [0, 0.05) is 30.2 Å². The van der Waals surface area contributed by atoms with Crippen LogP contribution in [0.3, 0.4) is 0 Å². The van der Waals surface area contributed by atoms with Crippen LogP contribution in [0.5, 0.6) is 0 Å². The molecule has 7 nitrogen and oxygen atoms in total. The molecular formula is C22H18FN5O2. The maximum atomic E-state index is 13.0. The maximum Gasteiger partial charge on any atom is 0.319 e. The monoisotopic (exact) mass is 403 g/mol. The van der Waals surface area contributed by atoms with Crippen LogP contribution in [-0.4, -0.2) is 21.2 Å². The van der Waals surface area contributed by atoms with Crippen LogP contribution in [0.15, 0.2) is 77.6 Å². The van der Waals surface area contributed by atoms with Gasteiger partial charge in [0.1, 0.15) is 5.82 Å². The van der Waals surface area contributed by atoms with Gasteiger partial charge >= 0.3 is 6.03 Å². The molecule has 0 aliphatic carbocycles. The molecule has 0 spiro atoms. The van der Waals surface area contributed by atoms with E-state index < -0.39 is 0 Å². The first kappa shape index (κ1) is 19.3. The lowest BCUT2D eigenvalue weighted by Gasteiger charge is -2.11. The molecule has 0 bridgehead atoms. The third kappa shape index (κ3) is 4.85. The van der Waals surface area contributed by atoms with Gasteiger partial charge in [-0.3, -0.25) is 4.98 Å². The number of carbonyl (C=O) groups is 1. The molecule has 2 N–H and O–H groups in total. The van der Waals surface area contributed by atoms with E-state index in [0.29, 0.717) is 23.8 Å². The number of benzene rings is 2. The lowest BCUT2D eigenvalue weighted by atomic mass is 10.1. The zero-order valence-corrected chi connectivity index (χ0v) is 15.9. The Morgan fingerprint density at radius 3 is 2.57 bits per heavy atom. The number of rotatable bonds is 6. The first-order valence-electron chi connectivity index (χ1n) is 9.27. The van der Waals surface area contributed by atoms with Crippen LogP contribution in [0.2, 0.25) is 0 Å². The van der Waals surface area contributed by atoms with Gasteiger partial charge in [-0.15, -0.1) is 0 Å². The summed E-state index contributed by atoms with van der Waals surface area (Å²) in [6.45, 7) is 0.285. The van der Waals surface area contributed by atoms with E-state index in [-0.39, 0.29) is 18.4 Å². The minimum Gasteiger partial charge on any atom is -0.339 e. The average Bonchev–Trinajstić information content (AvgIpc) is 3.24. The van der Waals surface area contributed by atoms with Gasteiger partial charge in [0.2, 0.25) is 11.7 Å². The Morgan fingerprint density at radius 2 is 1.77 bits per heavy atom. The standard InChI is InChI=1S/C22H18FN5O2/c23-18-7-5-15(6-8-18)14-25-22(29)26-19-4-2-1-3-17(19)13-20-27-21(28-30-20)16-9-11-24-12-10-16/h1-12H,13-14H2,(H2,25,26,29). The fraction of sp³-hybridized carbons (Fsp3) is 0.0909. The fourth-order valence-electron chi connectivity index (χ4n) is 2.86. The predicted molar refractivity (Wildman–Crippen MR) is 109 cm³/mol. The van der Waals surface area contributed by atoms with Crippen molar-refractivity contribution in [1.82, 2.24) is 20.4 Å². The number of halogens is 1. The lowest BCUT2D eigenvalue weighted by Crippen LogP contribution is -2.28. The molecule has 0 unspecified atom stereocenters. The number of nitrogens with zero attached hydrogens (tertiary/aromatic N) is 3. The van der Waals surface area contributed by atoms with Crippen molar-refractivity contribution >= 4 is 11.7 Å². The zero-order valence-electron chi connectivity index (χ0n) is 15.9. The van der Waals surface area contributed by atoms with Crippen LogP contribution in [0.4, 0.5) is 14.9 Å². The Balaban J connectivity index is 1.40. The van der Waals surface area contributed by atoms with E-state index >= 15 is 0 Å². The molecule has 2 amide bonds. The van der Waals surface area contributed by atoms with Crippen molar-refractivity contribution < 1.29 is 13.7 Å². The number of amides is 2. The third-order valence-electron chi connectivity index (χ3n) is 4.38. The van der Waals surface area contributed by atoms with Gasteiger partial charge in [0.05, 0.1) is 6.42 Å². The summed E-state index contributed by atoms with van der Waals surface area (Å²) in [5, 5.41) is 9.58. The predicted octanol–water partition coefficient (Wildman–Crippen LogP) is 4.18. The van der Waals surface area contributed by atoms with Gasteiger partial charge < -0.3 is 15.2 Å². The first-order chi connectivity index (χ1) is 14.7. The molecule has 2 aromatic carbocycles. The number of anilines is 1. The maximum absolute atomic E-state index is 13.0. The molecule has 0 atom stereocenters. The van der Waals surface area contributed by atoms with E-state index in [1.165, 1.54) is 12.1 Å². The number of para-hydroxylation sites is 1. The van der Waals surface area contributed by atoms with Crippen molar-refractivity contribution in [2.75, 3.05) is 5.32 Å². The summed E-state index contributed by atoms with van der Waals surface area (Å²) in [5.74, 6) is 0.600. The summed E-state index contributed by atoms with van der Waals surface area (Å²) in [4.78, 5) is 20.7. The highest BCUT2D eigenvalue weighted by Gasteiger charge is 2.12. The lowest BCUT2D eigenvalue weighted by molar-refractivity contribution is 0.251. The highest BCUT2D eigenvalue weighted by Crippen LogP contribution is 2.20. The van der Waals surface area contributed by atoms with E-state index in [1.54, 1.807) is 42.7 Å². The van der Waals surface area contributed by atoms with Crippen molar-refractivity contribution in [3.05, 3.63) is 95.9 Å². The molecule has 0 fully saturated rings. The Morgan fingerprint density at radius 1 is 1.00 bits per heavy atom. The summed E-state index contributed by atoms with van der Waals surface area (Å²) < 4.78 is 18.3. The number of nitrogens with one attached hydrogen (secondary N) is 2. The summed E-state index contributed by atoms with van der Waals surface area (Å²) in [6.07, 6.45) is 3.69. The number of hydrogen-bond acceptors (Lipinski definition) is 5. The highest BCUT2D eigenvalue weighted by atomic mass is 19.1. The smallest absolute Gasteiger partial charge is 0.319 e. The molecule has 0 aliphatic rings. The Kier molecular flexibility index (Phi) is 5.75. The van der Waals surface area contributed by atoms with Crippen LogP contribution in [0, 0.1) is 5.82 Å². The Bertz CT molecular complexity index is 1130. The molecule has 8 heteroatoms. The van der Waals surface area contributed by atoms with Crippen LogP contribution >= 0.6 is 0 Å². The number of pyridine rings is 1. The molecule has 4 rings (SSSR count). The molecule has 4 aromatic rings. The largest absolute Gasteiger partial charge is 0.339 e. The van der Waals surface area contributed by atoms with E-state index in [4.69, 9.17) is 4.52 Å². The van der Waals surface area contributed by atoms with Crippen LogP contribution in [0.25, 0.3) is 11.4 Å². The average molecular weight is 403 g/mol. The van der Waals surface area contributed by atoms with E-state index in [9.17, 15) is 9.18 Å². The van der Waals surface area contributed by atoms with Crippen LogP contribution in [0.1, 0.15) is 17.0 Å². The fourth-order valence-corrected chi connectivity index (χ4v) is 2.86. The summed E-state index contributed by atoms with van der Waals surface area (Å²) in [6, 6.07) is 16.6. The van der Waals surface area contributed by atoms with E-state index in [2.05, 4.69) is 25.8 Å². The van der Waals surface area contributed by atoms with E-state index in [0.717, 1.165) is 16.7 Å². The molecule has 0 aliphatic heterocycles. The van der Waals surface area contributed by atoms with Crippen LogP contribution in [-0.2, 0) is 13.0 Å². The van der Waals surface area contributed by atoms with Crippen molar-refractivity contribution in [3.63, 3.8) is 0 Å². The van der Waals surface area contributed by atoms with Crippen molar-refractivity contribution in [1.29, 1.82) is 0 Å². The van der Waals surface area contributed by atoms with Gasteiger partial charge in [0.25, 0.3) is 0 Å². The SMILES string of the molecule is O=C(NCc1ccc(F)cc1)Nc1ccccc1Cc1nc(-c2ccncc2)no1. The minimum atomic E-state index is -0.366. The molecule has 30 heavy (non-hydrogen) atoms. The normalized spacial score (nSPS) is 10.6. The number of aromatic nitrogens is 3. The molecule has 0 saturated carbocycles. The second-order valence-electron chi connectivity index (χ2n) is 6.52. The molecular weight excluding hydrogens is 385 g/mol. The van der Waals surface area contributed by atoms with Crippen molar-refractivity contribution in [2.24, 2.45) is 0 Å². The molecule has 2 aromatic heterocycles.